The first-order valence-corrected chi connectivity index (χ1v) is 8.92. The summed E-state index contributed by atoms with van der Waals surface area (Å²) in [5.74, 6) is 1.55. The Bertz CT molecular complexity index is 977. The van der Waals surface area contributed by atoms with Crippen LogP contribution < -0.4 is 5.32 Å². The molecule has 3 aromatic rings. The maximum Gasteiger partial charge on any atom is 0.221 e. The van der Waals surface area contributed by atoms with Crippen molar-refractivity contribution in [2.24, 2.45) is 7.05 Å². The van der Waals surface area contributed by atoms with Gasteiger partial charge in [0.2, 0.25) is 5.91 Å². The molecule has 1 aliphatic carbocycles. The quantitative estimate of drug-likeness (QED) is 0.753. The Morgan fingerprint density at radius 2 is 1.88 bits per heavy atom. The first-order chi connectivity index (χ1) is 12.5. The van der Waals surface area contributed by atoms with Gasteiger partial charge in [0.15, 0.2) is 5.82 Å². The molecule has 0 radical (unpaired) electrons. The topological polar surface area (TPSA) is 59.8 Å². The van der Waals surface area contributed by atoms with Crippen LogP contribution in [0.25, 0.3) is 11.4 Å². The minimum Gasteiger partial charge on any atom is -0.326 e. The monoisotopic (exact) mass is 366 g/mol. The zero-order valence-electron chi connectivity index (χ0n) is 14.7. The number of halogens is 1. The standard InChI is InChI=1S/C20H19ClN4O/c1-13(26)22-15-8-9-16(17(21)12-15)18-23-24-19(25(18)2)20(10-11-20)14-6-4-3-5-7-14/h3-9,12H,10-11H2,1-2H3,(H,22,26). The van der Waals surface area contributed by atoms with Crippen LogP contribution in [0, 0.1) is 0 Å². The fourth-order valence-electron chi connectivity index (χ4n) is 3.48. The lowest BCUT2D eigenvalue weighted by atomic mass is 9.95. The highest BCUT2D eigenvalue weighted by molar-refractivity contribution is 6.33. The Morgan fingerprint density at radius 3 is 2.50 bits per heavy atom. The lowest BCUT2D eigenvalue weighted by Crippen LogP contribution is -2.15. The minimum atomic E-state index is -0.131. The molecule has 1 aromatic heterocycles. The van der Waals surface area contributed by atoms with Crippen LogP contribution in [0.2, 0.25) is 5.02 Å². The zero-order chi connectivity index (χ0) is 18.3. The second-order valence-corrected chi connectivity index (χ2v) is 7.14. The lowest BCUT2D eigenvalue weighted by molar-refractivity contribution is -0.114. The molecular weight excluding hydrogens is 348 g/mol. The van der Waals surface area contributed by atoms with Crippen molar-refractivity contribution >= 4 is 23.2 Å². The molecule has 0 aliphatic heterocycles. The van der Waals surface area contributed by atoms with Crippen LogP contribution in [0.5, 0.6) is 0 Å². The van der Waals surface area contributed by atoms with Crippen molar-refractivity contribution in [1.82, 2.24) is 14.8 Å². The van der Waals surface area contributed by atoms with Crippen LogP contribution in [0.15, 0.2) is 48.5 Å². The van der Waals surface area contributed by atoms with Gasteiger partial charge in [0.05, 0.1) is 10.4 Å². The molecule has 26 heavy (non-hydrogen) atoms. The number of aromatic nitrogens is 3. The lowest BCUT2D eigenvalue weighted by Gasteiger charge is -2.15. The number of hydrogen-bond donors (Lipinski definition) is 1. The predicted octanol–water partition coefficient (Wildman–Crippen LogP) is 4.17. The summed E-state index contributed by atoms with van der Waals surface area (Å²) in [6, 6.07) is 15.9. The molecule has 1 heterocycles. The van der Waals surface area contributed by atoms with Crippen molar-refractivity contribution in [2.75, 3.05) is 5.32 Å². The Kier molecular flexibility index (Phi) is 4.04. The molecule has 5 nitrogen and oxygen atoms in total. The number of nitrogens with zero attached hydrogens (tertiary/aromatic N) is 3. The van der Waals surface area contributed by atoms with Crippen LogP contribution in [-0.2, 0) is 17.3 Å². The van der Waals surface area contributed by atoms with Gasteiger partial charge in [0.1, 0.15) is 5.82 Å². The second-order valence-electron chi connectivity index (χ2n) is 6.73. The Labute approximate surface area is 157 Å². The van der Waals surface area contributed by atoms with Crippen LogP contribution in [0.1, 0.15) is 31.2 Å². The van der Waals surface area contributed by atoms with Crippen LogP contribution in [0.4, 0.5) is 5.69 Å². The summed E-state index contributed by atoms with van der Waals surface area (Å²) in [6.07, 6.45) is 2.14. The maximum atomic E-state index is 11.2. The van der Waals surface area contributed by atoms with Gasteiger partial charge in [-0.15, -0.1) is 10.2 Å². The van der Waals surface area contributed by atoms with Crippen molar-refractivity contribution in [2.45, 2.75) is 25.2 Å². The van der Waals surface area contributed by atoms with E-state index in [-0.39, 0.29) is 11.3 Å². The van der Waals surface area contributed by atoms with E-state index in [2.05, 4.69) is 39.8 Å². The number of carbonyl (C=O) groups excluding carboxylic acids is 1. The highest BCUT2D eigenvalue weighted by atomic mass is 35.5. The molecule has 0 bridgehead atoms. The highest BCUT2D eigenvalue weighted by Gasteiger charge is 2.49. The van der Waals surface area contributed by atoms with E-state index in [0.717, 1.165) is 30.1 Å². The SMILES string of the molecule is CC(=O)Nc1ccc(-c2nnc(C3(c4ccccc4)CC3)n2C)c(Cl)c1. The van der Waals surface area contributed by atoms with Gasteiger partial charge in [0, 0.05) is 25.2 Å². The first-order valence-electron chi connectivity index (χ1n) is 8.54. The van der Waals surface area contributed by atoms with E-state index in [0.29, 0.717) is 10.7 Å². The summed E-state index contributed by atoms with van der Waals surface area (Å²) in [4.78, 5) is 11.2. The van der Waals surface area contributed by atoms with E-state index >= 15 is 0 Å². The van der Waals surface area contributed by atoms with E-state index < -0.39 is 0 Å². The van der Waals surface area contributed by atoms with Crippen LogP contribution >= 0.6 is 11.6 Å². The number of anilines is 1. The molecule has 1 aliphatic rings. The van der Waals surface area contributed by atoms with Crippen LogP contribution in [0.3, 0.4) is 0 Å². The predicted molar refractivity (Wildman–Crippen MR) is 102 cm³/mol. The van der Waals surface area contributed by atoms with Gasteiger partial charge in [-0.3, -0.25) is 4.79 Å². The first kappa shape index (κ1) is 16.8. The maximum absolute atomic E-state index is 11.2. The second kappa shape index (κ2) is 6.25. The molecule has 0 saturated heterocycles. The third-order valence-electron chi connectivity index (χ3n) is 4.91. The number of amides is 1. The summed E-state index contributed by atoms with van der Waals surface area (Å²) in [7, 11) is 1.98. The van der Waals surface area contributed by atoms with E-state index in [1.807, 2.05) is 29.8 Å². The summed E-state index contributed by atoms with van der Waals surface area (Å²) in [5.41, 5.74) is 2.68. The summed E-state index contributed by atoms with van der Waals surface area (Å²) >= 11 is 6.44. The molecule has 6 heteroatoms. The van der Waals surface area contributed by atoms with E-state index in [1.165, 1.54) is 12.5 Å². The molecule has 0 unspecified atom stereocenters. The van der Waals surface area contributed by atoms with Gasteiger partial charge in [-0.1, -0.05) is 41.9 Å². The van der Waals surface area contributed by atoms with Gasteiger partial charge in [-0.25, -0.2) is 0 Å². The highest BCUT2D eigenvalue weighted by Crippen LogP contribution is 2.53. The molecule has 1 N–H and O–H groups in total. The normalized spacial score (nSPS) is 14.9. The summed E-state index contributed by atoms with van der Waals surface area (Å²) in [6.45, 7) is 1.47. The third kappa shape index (κ3) is 2.78. The number of carbonyl (C=O) groups is 1. The molecule has 1 amide bonds. The number of rotatable bonds is 4. The molecule has 2 aromatic carbocycles. The largest absolute Gasteiger partial charge is 0.326 e. The fourth-order valence-corrected chi connectivity index (χ4v) is 3.75. The molecule has 132 valence electrons. The van der Waals surface area contributed by atoms with E-state index in [1.54, 1.807) is 6.07 Å². The average molecular weight is 367 g/mol. The van der Waals surface area contributed by atoms with E-state index in [9.17, 15) is 4.79 Å². The van der Waals surface area contributed by atoms with Crippen molar-refractivity contribution in [3.8, 4) is 11.4 Å². The van der Waals surface area contributed by atoms with Crippen LogP contribution in [-0.4, -0.2) is 20.7 Å². The van der Waals surface area contributed by atoms with Crippen molar-refractivity contribution in [3.05, 3.63) is 64.9 Å². The Hall–Kier alpha value is -2.66. The van der Waals surface area contributed by atoms with Gasteiger partial charge in [0.25, 0.3) is 0 Å². The van der Waals surface area contributed by atoms with Gasteiger partial charge >= 0.3 is 0 Å². The molecular formula is C20H19ClN4O. The Balaban J connectivity index is 1.72. The summed E-state index contributed by atoms with van der Waals surface area (Å²) < 4.78 is 2.03. The fraction of sp³-hybridized carbons (Fsp3) is 0.250. The zero-order valence-corrected chi connectivity index (χ0v) is 15.4. The van der Waals surface area contributed by atoms with Crippen molar-refractivity contribution in [3.63, 3.8) is 0 Å². The average Bonchev–Trinajstić information content (AvgIpc) is 3.33. The van der Waals surface area contributed by atoms with Crippen molar-refractivity contribution in [1.29, 1.82) is 0 Å². The number of nitrogens with one attached hydrogen (secondary N) is 1. The Morgan fingerprint density at radius 1 is 1.15 bits per heavy atom. The van der Waals surface area contributed by atoms with E-state index in [4.69, 9.17) is 11.6 Å². The smallest absolute Gasteiger partial charge is 0.221 e. The number of hydrogen-bond acceptors (Lipinski definition) is 3. The molecule has 1 saturated carbocycles. The molecule has 0 atom stereocenters. The van der Waals surface area contributed by atoms with Gasteiger partial charge in [-0.2, -0.15) is 0 Å². The molecule has 0 spiro atoms. The van der Waals surface area contributed by atoms with Gasteiger partial charge in [-0.05, 0) is 36.6 Å². The van der Waals surface area contributed by atoms with Gasteiger partial charge < -0.3 is 9.88 Å². The number of benzene rings is 2. The third-order valence-corrected chi connectivity index (χ3v) is 5.22. The molecule has 4 rings (SSSR count). The molecule has 1 fully saturated rings. The summed E-state index contributed by atoms with van der Waals surface area (Å²) in [5, 5.41) is 12.2. The minimum absolute atomic E-state index is 0.0517. The van der Waals surface area contributed by atoms with Crippen molar-refractivity contribution < 1.29 is 4.79 Å².